The van der Waals surface area contributed by atoms with Gasteiger partial charge in [0.05, 0.1) is 0 Å². The Bertz CT molecular complexity index is 1240. The fourth-order valence-corrected chi connectivity index (χ4v) is 6.47. The van der Waals surface area contributed by atoms with Crippen LogP contribution >= 0.6 is 0 Å². The molecule has 0 aliphatic carbocycles. The molecule has 0 aliphatic rings. The molecule has 0 aromatic heterocycles. The summed E-state index contributed by atoms with van der Waals surface area (Å²) in [5, 5.41) is 0. The standard InChI is InChI=1S/C18H17O10S2.Na/c1-3-27-17(19)12-10-13(18(20)28-4-2)15(29(21,22)23)16(30(24,25)26)14(12)11-8-6-5-7-9-11;/h5-9H,3-4H2,1-2H3,(H,21,22,23)(H,24,25,26);. The van der Waals surface area contributed by atoms with Gasteiger partial charge in [-0.15, -0.1) is 0 Å². The number of rotatable bonds is 7. The molecule has 2 aromatic carbocycles. The topological polar surface area (TPSA) is 161 Å². The van der Waals surface area contributed by atoms with Crippen LogP contribution in [0.15, 0.2) is 40.1 Å². The molecule has 0 bridgehead atoms. The Hall–Kier alpha value is -1.80. The van der Waals surface area contributed by atoms with Crippen LogP contribution in [0.25, 0.3) is 11.1 Å². The predicted octanol–water partition coefficient (Wildman–Crippen LogP) is 0.994. The van der Waals surface area contributed by atoms with Gasteiger partial charge in [0.1, 0.15) is 0 Å². The molecule has 0 saturated heterocycles. The van der Waals surface area contributed by atoms with Crippen LogP contribution in [0, 0.1) is 0 Å². The van der Waals surface area contributed by atoms with Crippen LogP contribution in [-0.4, -0.2) is 79.0 Å². The quantitative estimate of drug-likeness (QED) is 0.332. The van der Waals surface area contributed by atoms with Crippen molar-refractivity contribution >= 4 is 62.9 Å². The molecule has 0 saturated carbocycles. The molecule has 0 spiro atoms. The zero-order valence-corrected chi connectivity index (χ0v) is 20.4. The first-order valence-electron chi connectivity index (χ1n) is 8.91. The third kappa shape index (κ3) is 5.34. The molecule has 2 rings (SSSR count). The predicted molar refractivity (Wildman–Crippen MR) is 109 cm³/mol. The van der Waals surface area contributed by atoms with Crippen molar-refractivity contribution in [2.45, 2.75) is 23.6 Å². The van der Waals surface area contributed by atoms with Gasteiger partial charge in [-0.2, -0.15) is 0 Å². The van der Waals surface area contributed by atoms with Gasteiger partial charge in [0.2, 0.25) is 0 Å². The van der Waals surface area contributed by atoms with Crippen molar-refractivity contribution in [3.8, 4) is 11.1 Å². The van der Waals surface area contributed by atoms with Crippen molar-refractivity contribution in [1.82, 2.24) is 0 Å². The maximum absolute atomic E-state index is 12.8. The third-order valence-corrected chi connectivity index (χ3v) is 7.18. The van der Waals surface area contributed by atoms with E-state index in [2.05, 4.69) is 0 Å². The van der Waals surface area contributed by atoms with Crippen molar-refractivity contribution in [3.05, 3.63) is 41.5 Å². The van der Waals surface area contributed by atoms with E-state index in [4.69, 9.17) is 9.47 Å². The molecule has 0 atom stereocenters. The summed E-state index contributed by atoms with van der Waals surface area (Å²) in [7, 11) is -10.8. The van der Waals surface area contributed by atoms with Gasteiger partial charge in [0.15, 0.2) is 0 Å². The minimum atomic E-state index is -5.39. The molecule has 31 heavy (non-hydrogen) atoms. The number of hydrogen-bond acceptors (Lipinski definition) is 8. The Morgan fingerprint density at radius 2 is 1.29 bits per heavy atom. The maximum atomic E-state index is 12.8. The number of benzene rings is 2. The van der Waals surface area contributed by atoms with E-state index in [-0.39, 0.29) is 49.5 Å². The van der Waals surface area contributed by atoms with Gasteiger partial charge < -0.3 is 0 Å². The van der Waals surface area contributed by atoms with Crippen LogP contribution in [0.1, 0.15) is 34.6 Å². The summed E-state index contributed by atoms with van der Waals surface area (Å²) in [6, 6.07) is 7.28. The van der Waals surface area contributed by atoms with Gasteiger partial charge in [0.25, 0.3) is 0 Å². The summed E-state index contributed by atoms with van der Waals surface area (Å²) in [5.41, 5.74) is -1.73. The number of carbonyl (C=O) groups excluding carboxylic acids is 2. The minimum absolute atomic E-state index is 0.0376. The molecule has 0 fully saturated rings. The molecule has 0 unspecified atom stereocenters. The van der Waals surface area contributed by atoms with Gasteiger partial charge in [-0.25, -0.2) is 0 Å². The van der Waals surface area contributed by atoms with Crippen LogP contribution in [0.2, 0.25) is 0 Å². The molecule has 2 aromatic rings. The van der Waals surface area contributed by atoms with E-state index in [9.17, 15) is 35.5 Å². The first-order valence-corrected chi connectivity index (χ1v) is 12.8. The SMILES string of the molecule is CCOC(=O)c1[c]([Na])c(C(=O)OCC)c(S(=O)(=O)O)c(S(=O)(=O)O)c1-c1ccccc1. The second-order valence-corrected chi connectivity index (χ2v) is 9.88. The second-order valence-electron chi connectivity index (χ2n) is 6.17. The molecule has 0 amide bonds. The van der Waals surface area contributed by atoms with Crippen LogP contribution in [0.4, 0.5) is 0 Å². The molecular formula is C18H17NaO10S2. The normalized spacial score (nSPS) is 11.8. The molecular weight excluding hydrogens is 463 g/mol. The van der Waals surface area contributed by atoms with Crippen molar-refractivity contribution in [3.63, 3.8) is 0 Å². The van der Waals surface area contributed by atoms with Gasteiger partial charge in [-0.1, -0.05) is 0 Å². The Morgan fingerprint density at radius 3 is 1.71 bits per heavy atom. The van der Waals surface area contributed by atoms with Gasteiger partial charge in [0, 0.05) is 0 Å². The van der Waals surface area contributed by atoms with E-state index in [0.717, 1.165) is 0 Å². The zero-order chi connectivity index (χ0) is 23.6. The fourth-order valence-electron chi connectivity index (χ4n) is 3.10. The number of hydrogen-bond donors (Lipinski definition) is 2. The van der Waals surface area contributed by atoms with E-state index >= 15 is 0 Å². The zero-order valence-electron chi connectivity index (χ0n) is 16.8. The summed E-state index contributed by atoms with van der Waals surface area (Å²) in [6.45, 7) is 2.60. The molecule has 13 heteroatoms. The average Bonchev–Trinajstić information content (AvgIpc) is 2.66. The summed E-state index contributed by atoms with van der Waals surface area (Å²) >= 11 is -0.150. The number of ether oxygens (including phenoxy) is 2. The van der Waals surface area contributed by atoms with Gasteiger partial charge >= 0.3 is 197 Å². The van der Waals surface area contributed by atoms with E-state index < -0.39 is 58.7 Å². The van der Waals surface area contributed by atoms with Crippen molar-refractivity contribution in [2.24, 2.45) is 0 Å². The monoisotopic (exact) mass is 480 g/mol. The van der Waals surface area contributed by atoms with E-state index in [1.54, 1.807) is 6.07 Å². The fraction of sp³-hybridized carbons (Fsp3) is 0.222. The van der Waals surface area contributed by atoms with Crippen LogP contribution in [-0.2, 0) is 29.7 Å². The van der Waals surface area contributed by atoms with Crippen LogP contribution in [0.5, 0.6) is 0 Å². The Kier molecular flexibility index (Phi) is 8.03. The van der Waals surface area contributed by atoms with Gasteiger partial charge in [-0.3, -0.25) is 0 Å². The Labute approximate surface area is 196 Å². The average molecular weight is 480 g/mol. The number of carbonyl (C=O) groups is 2. The van der Waals surface area contributed by atoms with Crippen LogP contribution in [0.3, 0.4) is 0 Å². The first kappa shape index (κ1) is 25.5. The number of esters is 2. The Morgan fingerprint density at radius 1 is 0.839 bits per heavy atom. The molecule has 162 valence electrons. The Balaban J connectivity index is 3.32. The van der Waals surface area contributed by atoms with Gasteiger partial charge in [-0.05, 0) is 0 Å². The van der Waals surface area contributed by atoms with Crippen molar-refractivity contribution < 1.29 is 45.0 Å². The first-order chi connectivity index (χ1) is 14.4. The molecule has 0 radical (unpaired) electrons. The van der Waals surface area contributed by atoms with E-state index in [1.807, 2.05) is 0 Å². The molecule has 0 aliphatic heterocycles. The van der Waals surface area contributed by atoms with E-state index in [0.29, 0.717) is 0 Å². The molecule has 0 heterocycles. The summed E-state index contributed by atoms with van der Waals surface area (Å²) in [4.78, 5) is 22.7. The summed E-state index contributed by atoms with van der Waals surface area (Å²) in [5.74, 6) is -2.32. The van der Waals surface area contributed by atoms with Crippen molar-refractivity contribution in [1.29, 1.82) is 0 Å². The molecule has 2 N–H and O–H groups in total. The summed E-state index contributed by atoms with van der Waals surface area (Å²) < 4.78 is 78.7. The van der Waals surface area contributed by atoms with E-state index in [1.165, 1.54) is 38.1 Å². The van der Waals surface area contributed by atoms with Crippen molar-refractivity contribution in [2.75, 3.05) is 13.2 Å². The second kappa shape index (κ2) is 9.77. The van der Waals surface area contributed by atoms with Crippen LogP contribution < -0.4 is 2.81 Å². The molecule has 10 nitrogen and oxygen atoms in total. The summed E-state index contributed by atoms with van der Waals surface area (Å²) in [6.07, 6.45) is 0. The third-order valence-electron chi connectivity index (χ3n) is 4.20.